The van der Waals surface area contributed by atoms with Gasteiger partial charge in [-0.1, -0.05) is 4.98 Å². The number of aromatic nitrogens is 8. The minimum Gasteiger partial charge on any atom is -0.856 e. The quantitative estimate of drug-likeness (QED) is 0.366. The molecule has 0 saturated heterocycles. The Hall–Kier alpha value is -3.50. The third-order valence-corrected chi connectivity index (χ3v) is 3.57. The minimum atomic E-state index is -0.307. The normalized spacial score (nSPS) is 10.9. The molecule has 4 rings (SSSR count). The number of nitrogen functional groups attached to an aromatic ring is 1. The van der Waals surface area contributed by atoms with Crippen molar-refractivity contribution in [3.63, 3.8) is 0 Å². The first-order valence-electron chi connectivity index (χ1n) is 7.31. The second kappa shape index (κ2) is 5.85. The zero-order valence-electron chi connectivity index (χ0n) is 14.2. The largest absolute Gasteiger partial charge is 0.856 e. The maximum absolute atomic E-state index is 11.4. The minimum absolute atomic E-state index is 0.108. The monoisotopic (exact) mass is 343 g/mol. The third-order valence-electron chi connectivity index (χ3n) is 3.57. The summed E-state index contributed by atoms with van der Waals surface area (Å²) in [5, 5.41) is 11.4. The summed E-state index contributed by atoms with van der Waals surface area (Å²) in [7, 11) is 5.41. The molecular formula is C14H17N9O2. The lowest BCUT2D eigenvalue weighted by Gasteiger charge is -2.02. The summed E-state index contributed by atoms with van der Waals surface area (Å²) < 4.78 is 5.18. The van der Waals surface area contributed by atoms with Crippen LogP contribution in [0.3, 0.4) is 0 Å². The number of hydrogen-bond donors (Lipinski definition) is 2. The highest BCUT2D eigenvalue weighted by Crippen LogP contribution is 2.14. The molecule has 4 heterocycles. The Morgan fingerprint density at radius 3 is 2.68 bits per heavy atom. The van der Waals surface area contributed by atoms with E-state index in [1.807, 2.05) is 18.7 Å². The van der Waals surface area contributed by atoms with E-state index in [0.29, 0.717) is 28.2 Å². The van der Waals surface area contributed by atoms with Crippen molar-refractivity contribution in [2.45, 2.75) is 6.92 Å². The zero-order valence-corrected chi connectivity index (χ0v) is 14.2. The van der Waals surface area contributed by atoms with Crippen LogP contribution in [0.25, 0.3) is 22.3 Å². The van der Waals surface area contributed by atoms with E-state index in [-0.39, 0.29) is 17.4 Å². The Kier molecular flexibility index (Phi) is 3.83. The molecule has 0 saturated carbocycles. The van der Waals surface area contributed by atoms with Gasteiger partial charge in [-0.2, -0.15) is 4.98 Å². The first kappa shape index (κ1) is 16.4. The van der Waals surface area contributed by atoms with Crippen molar-refractivity contribution in [1.29, 1.82) is 0 Å². The highest BCUT2D eigenvalue weighted by atomic mass is 16.3. The summed E-state index contributed by atoms with van der Waals surface area (Å²) in [6.07, 6.45) is 3.33. The van der Waals surface area contributed by atoms with Gasteiger partial charge in [0.2, 0.25) is 11.8 Å². The number of rotatable bonds is 0. The van der Waals surface area contributed by atoms with Gasteiger partial charge in [0.25, 0.3) is 5.56 Å². The fourth-order valence-corrected chi connectivity index (χ4v) is 2.49. The van der Waals surface area contributed by atoms with Crippen molar-refractivity contribution in [1.82, 2.24) is 34.1 Å². The van der Waals surface area contributed by atoms with Crippen molar-refractivity contribution in [3.8, 4) is 5.88 Å². The number of aryl methyl sites for hydroxylation is 4. The summed E-state index contributed by atoms with van der Waals surface area (Å²) in [5.41, 5.74) is 7.08. The van der Waals surface area contributed by atoms with Gasteiger partial charge >= 0.3 is 5.65 Å². The van der Waals surface area contributed by atoms with Gasteiger partial charge in [0.15, 0.2) is 23.0 Å². The van der Waals surface area contributed by atoms with E-state index in [1.54, 1.807) is 29.4 Å². The Labute approximate surface area is 141 Å². The lowest BCUT2D eigenvalue weighted by Crippen LogP contribution is -2.26. The van der Waals surface area contributed by atoms with Gasteiger partial charge in [-0.3, -0.25) is 14.3 Å². The zero-order chi connectivity index (χ0) is 18.3. The molecule has 0 radical (unpaired) electrons. The average Bonchev–Trinajstić information content (AvgIpc) is 3.01. The van der Waals surface area contributed by atoms with Crippen LogP contribution in [0.5, 0.6) is 5.88 Å². The van der Waals surface area contributed by atoms with E-state index in [4.69, 9.17) is 5.73 Å². The maximum atomic E-state index is 11.4. The van der Waals surface area contributed by atoms with Crippen molar-refractivity contribution in [2.75, 3.05) is 5.73 Å². The van der Waals surface area contributed by atoms with Gasteiger partial charge in [0.05, 0.1) is 20.4 Å². The molecule has 3 N–H and O–H groups in total. The van der Waals surface area contributed by atoms with Crippen molar-refractivity contribution < 1.29 is 9.67 Å². The van der Waals surface area contributed by atoms with Gasteiger partial charge < -0.3 is 15.4 Å². The van der Waals surface area contributed by atoms with E-state index in [0.717, 1.165) is 0 Å². The Balaban J connectivity index is 0.000000146. The summed E-state index contributed by atoms with van der Waals surface area (Å²) in [6.45, 7) is 1.72. The van der Waals surface area contributed by atoms with E-state index >= 15 is 0 Å². The fourth-order valence-electron chi connectivity index (χ4n) is 2.49. The van der Waals surface area contributed by atoms with Crippen molar-refractivity contribution in [3.05, 3.63) is 28.8 Å². The number of imidazole rings is 2. The molecule has 11 nitrogen and oxygen atoms in total. The number of H-pyrrole nitrogens is 1. The Morgan fingerprint density at radius 2 is 1.96 bits per heavy atom. The second-order valence-corrected chi connectivity index (χ2v) is 5.56. The lowest BCUT2D eigenvalue weighted by molar-refractivity contribution is -0.647. The van der Waals surface area contributed by atoms with Gasteiger partial charge in [-0.25, -0.2) is 14.5 Å². The standard InChI is InChI=1S/C8H10N4O.C6H7N5O/c1-5-9-7-6(8(13)10-5)11(2)4-12(7)3;1-11-2-8-3-4(11)9-6(7)10-5(3)12/h4H,1-3H3;2H,1H3,(H3,7,9,10,12). The number of fused-ring (bicyclic) bond motifs is 2. The molecule has 25 heavy (non-hydrogen) atoms. The van der Waals surface area contributed by atoms with E-state index in [1.165, 1.54) is 6.33 Å². The first-order valence-corrected chi connectivity index (χ1v) is 7.31. The molecule has 0 amide bonds. The maximum Gasteiger partial charge on any atom is 0.304 e. The van der Waals surface area contributed by atoms with Crippen molar-refractivity contribution in [2.24, 2.45) is 21.1 Å². The molecule has 0 aliphatic carbocycles. The molecule has 0 unspecified atom stereocenters. The van der Waals surface area contributed by atoms with E-state index < -0.39 is 0 Å². The summed E-state index contributed by atoms with van der Waals surface area (Å²) in [6, 6.07) is 0. The first-order chi connectivity index (χ1) is 11.8. The molecule has 4 aromatic heterocycles. The van der Waals surface area contributed by atoms with Crippen LogP contribution >= 0.6 is 0 Å². The average molecular weight is 343 g/mol. The fraction of sp³-hybridized carbons (Fsp3) is 0.286. The van der Waals surface area contributed by atoms with Crippen LogP contribution in [0.1, 0.15) is 5.82 Å². The highest BCUT2D eigenvalue weighted by Gasteiger charge is 2.13. The molecule has 11 heteroatoms. The van der Waals surface area contributed by atoms with Crippen LogP contribution in [0.15, 0.2) is 17.4 Å². The molecule has 0 fully saturated rings. The molecular weight excluding hydrogens is 326 g/mol. The molecule has 0 atom stereocenters. The lowest BCUT2D eigenvalue weighted by atomic mass is 10.5. The number of anilines is 1. The third kappa shape index (κ3) is 2.86. The molecule has 0 bridgehead atoms. The predicted molar refractivity (Wildman–Crippen MR) is 87.4 cm³/mol. The number of aromatic amines is 1. The van der Waals surface area contributed by atoms with Gasteiger partial charge in [-0.15, -0.1) is 0 Å². The molecule has 130 valence electrons. The topological polar surface area (TPSA) is 147 Å². The molecule has 0 aromatic carbocycles. The van der Waals surface area contributed by atoms with Gasteiger partial charge in [0.1, 0.15) is 0 Å². The highest BCUT2D eigenvalue weighted by molar-refractivity contribution is 5.72. The van der Waals surface area contributed by atoms with Crippen LogP contribution < -0.4 is 21.0 Å². The number of nitrogens with one attached hydrogen (secondary N) is 1. The van der Waals surface area contributed by atoms with E-state index in [2.05, 4.69) is 24.9 Å². The van der Waals surface area contributed by atoms with Crippen LogP contribution in [0.4, 0.5) is 5.95 Å². The number of nitrogens with zero attached hydrogens (tertiary/aromatic N) is 7. The van der Waals surface area contributed by atoms with Gasteiger partial charge in [0, 0.05) is 19.9 Å². The molecule has 4 aromatic rings. The second-order valence-electron chi connectivity index (χ2n) is 5.56. The van der Waals surface area contributed by atoms with Crippen LogP contribution in [-0.2, 0) is 21.1 Å². The SMILES string of the molecule is Cc1nc([O-])c2c(n1)[n+](C)cn2C.Cn1cnc2c(=O)[nH]c(N)nc21. The van der Waals surface area contributed by atoms with Crippen LogP contribution in [0, 0.1) is 6.92 Å². The predicted octanol–water partition coefficient (Wildman–Crippen LogP) is -1.59. The number of hydrogen-bond acceptors (Lipinski definition) is 7. The number of nitrogens with two attached hydrogens (primary N) is 1. The Bertz CT molecular complexity index is 1140. The van der Waals surface area contributed by atoms with Gasteiger partial charge in [-0.05, 0) is 0 Å². The Morgan fingerprint density at radius 1 is 1.24 bits per heavy atom. The molecule has 0 aliphatic rings. The van der Waals surface area contributed by atoms with Crippen LogP contribution in [-0.4, -0.2) is 34.1 Å². The molecule has 0 spiro atoms. The summed E-state index contributed by atoms with van der Waals surface area (Å²) in [5.74, 6) is 0.404. The van der Waals surface area contributed by atoms with Crippen molar-refractivity contribution >= 4 is 28.3 Å². The molecule has 0 aliphatic heterocycles. The van der Waals surface area contributed by atoms with Crippen LogP contribution in [0.2, 0.25) is 0 Å². The van der Waals surface area contributed by atoms with E-state index in [9.17, 15) is 9.90 Å². The summed E-state index contributed by atoms with van der Waals surface area (Å²) >= 11 is 0. The smallest absolute Gasteiger partial charge is 0.304 e. The summed E-state index contributed by atoms with van der Waals surface area (Å²) in [4.78, 5) is 29.3.